The SMILES string of the molecule is COCC(C)Nc1nc2cc(C)ccc2s1. The fourth-order valence-electron chi connectivity index (χ4n) is 1.60. The summed E-state index contributed by atoms with van der Waals surface area (Å²) in [6.45, 7) is 4.86. The third kappa shape index (κ3) is 2.51. The zero-order chi connectivity index (χ0) is 11.5. The maximum atomic E-state index is 5.08. The number of ether oxygens (including phenoxy) is 1. The molecule has 1 N–H and O–H groups in total. The van der Waals surface area contributed by atoms with Crippen LogP contribution in [0.2, 0.25) is 0 Å². The summed E-state index contributed by atoms with van der Waals surface area (Å²) in [7, 11) is 1.71. The number of anilines is 1. The molecule has 0 aliphatic carbocycles. The zero-order valence-electron chi connectivity index (χ0n) is 9.78. The van der Waals surface area contributed by atoms with Crippen LogP contribution in [0.4, 0.5) is 5.13 Å². The fraction of sp³-hybridized carbons (Fsp3) is 0.417. The minimum Gasteiger partial charge on any atom is -0.383 e. The summed E-state index contributed by atoms with van der Waals surface area (Å²) in [5.74, 6) is 0. The Bertz CT molecular complexity index is 481. The lowest BCUT2D eigenvalue weighted by molar-refractivity contribution is 0.190. The minimum absolute atomic E-state index is 0.284. The van der Waals surface area contributed by atoms with E-state index in [-0.39, 0.29) is 6.04 Å². The van der Waals surface area contributed by atoms with Gasteiger partial charge in [-0.2, -0.15) is 0 Å². The first kappa shape index (κ1) is 11.4. The highest BCUT2D eigenvalue weighted by molar-refractivity contribution is 7.22. The van der Waals surface area contributed by atoms with Crippen molar-refractivity contribution in [2.75, 3.05) is 19.0 Å². The number of nitrogens with one attached hydrogen (secondary N) is 1. The van der Waals surface area contributed by atoms with Crippen molar-refractivity contribution in [2.24, 2.45) is 0 Å². The van der Waals surface area contributed by atoms with E-state index in [4.69, 9.17) is 4.74 Å². The molecule has 4 heteroatoms. The number of hydrogen-bond acceptors (Lipinski definition) is 4. The van der Waals surface area contributed by atoms with E-state index in [1.807, 2.05) is 0 Å². The van der Waals surface area contributed by atoms with Crippen LogP contribution in [0.5, 0.6) is 0 Å². The average molecular weight is 236 g/mol. The Morgan fingerprint density at radius 2 is 2.31 bits per heavy atom. The van der Waals surface area contributed by atoms with Gasteiger partial charge < -0.3 is 10.1 Å². The predicted octanol–water partition coefficient (Wildman–Crippen LogP) is 3.05. The summed E-state index contributed by atoms with van der Waals surface area (Å²) in [6, 6.07) is 6.63. The number of thiazole rings is 1. The Labute approximate surface area is 99.5 Å². The highest BCUT2D eigenvalue weighted by Gasteiger charge is 2.06. The van der Waals surface area contributed by atoms with Crippen molar-refractivity contribution in [1.82, 2.24) is 4.98 Å². The van der Waals surface area contributed by atoms with Gasteiger partial charge in [0, 0.05) is 13.2 Å². The van der Waals surface area contributed by atoms with E-state index in [1.165, 1.54) is 10.3 Å². The molecule has 3 nitrogen and oxygen atoms in total. The molecule has 86 valence electrons. The number of nitrogens with zero attached hydrogens (tertiary/aromatic N) is 1. The van der Waals surface area contributed by atoms with Gasteiger partial charge in [-0.05, 0) is 31.5 Å². The van der Waals surface area contributed by atoms with Gasteiger partial charge in [-0.3, -0.25) is 0 Å². The molecule has 1 unspecified atom stereocenters. The summed E-state index contributed by atoms with van der Waals surface area (Å²) in [4.78, 5) is 4.55. The third-order valence-corrected chi connectivity index (χ3v) is 3.30. The number of hydrogen-bond donors (Lipinski definition) is 1. The summed E-state index contributed by atoms with van der Waals surface area (Å²) in [5.41, 5.74) is 2.31. The highest BCUT2D eigenvalue weighted by atomic mass is 32.1. The first-order valence-electron chi connectivity index (χ1n) is 5.31. The van der Waals surface area contributed by atoms with Crippen LogP contribution < -0.4 is 5.32 Å². The molecule has 1 atom stereocenters. The molecule has 1 aromatic carbocycles. The van der Waals surface area contributed by atoms with E-state index in [1.54, 1.807) is 18.4 Å². The second-order valence-electron chi connectivity index (χ2n) is 3.99. The Balaban J connectivity index is 2.19. The van der Waals surface area contributed by atoms with Crippen molar-refractivity contribution in [3.8, 4) is 0 Å². The molecule has 0 saturated carbocycles. The molecule has 0 bridgehead atoms. The van der Waals surface area contributed by atoms with E-state index in [0.717, 1.165) is 10.6 Å². The van der Waals surface area contributed by atoms with E-state index in [0.29, 0.717) is 6.61 Å². The van der Waals surface area contributed by atoms with Crippen LogP contribution in [0.15, 0.2) is 18.2 Å². The number of aryl methyl sites for hydroxylation is 1. The first-order chi connectivity index (χ1) is 7.69. The molecule has 0 amide bonds. The van der Waals surface area contributed by atoms with Gasteiger partial charge in [-0.15, -0.1) is 0 Å². The molecular formula is C12H16N2OS. The topological polar surface area (TPSA) is 34.1 Å². The van der Waals surface area contributed by atoms with E-state index in [2.05, 4.69) is 42.3 Å². The standard InChI is InChI=1S/C12H16N2OS/c1-8-4-5-11-10(6-8)14-12(16-11)13-9(2)7-15-3/h4-6,9H,7H2,1-3H3,(H,13,14). The lowest BCUT2D eigenvalue weighted by atomic mass is 10.2. The van der Waals surface area contributed by atoms with Crippen molar-refractivity contribution in [3.05, 3.63) is 23.8 Å². The van der Waals surface area contributed by atoms with Gasteiger partial charge in [0.15, 0.2) is 5.13 Å². The molecule has 0 spiro atoms. The van der Waals surface area contributed by atoms with E-state index >= 15 is 0 Å². The molecule has 0 aliphatic heterocycles. The number of rotatable bonds is 4. The maximum Gasteiger partial charge on any atom is 0.184 e. The Morgan fingerprint density at radius 3 is 3.06 bits per heavy atom. The molecule has 2 aromatic rings. The van der Waals surface area contributed by atoms with Crippen LogP contribution in [0.1, 0.15) is 12.5 Å². The normalized spacial score (nSPS) is 12.9. The number of benzene rings is 1. The van der Waals surface area contributed by atoms with Gasteiger partial charge in [0.2, 0.25) is 0 Å². The minimum atomic E-state index is 0.284. The third-order valence-electron chi connectivity index (χ3n) is 2.33. The molecule has 0 aliphatic rings. The van der Waals surface area contributed by atoms with Crippen molar-refractivity contribution >= 4 is 26.7 Å². The van der Waals surface area contributed by atoms with E-state index in [9.17, 15) is 0 Å². The number of fused-ring (bicyclic) bond motifs is 1. The lowest BCUT2D eigenvalue weighted by Crippen LogP contribution is -2.20. The summed E-state index contributed by atoms with van der Waals surface area (Å²) < 4.78 is 6.30. The van der Waals surface area contributed by atoms with Gasteiger partial charge in [-0.1, -0.05) is 17.4 Å². The largest absolute Gasteiger partial charge is 0.383 e. The average Bonchev–Trinajstić information content (AvgIpc) is 2.59. The molecule has 16 heavy (non-hydrogen) atoms. The smallest absolute Gasteiger partial charge is 0.184 e. The fourth-order valence-corrected chi connectivity index (χ4v) is 2.56. The Kier molecular flexibility index (Phi) is 3.41. The van der Waals surface area contributed by atoms with Crippen LogP contribution in [0.3, 0.4) is 0 Å². The maximum absolute atomic E-state index is 5.08. The monoisotopic (exact) mass is 236 g/mol. The van der Waals surface area contributed by atoms with Crippen molar-refractivity contribution in [1.29, 1.82) is 0 Å². The molecule has 2 rings (SSSR count). The molecule has 0 fully saturated rings. The van der Waals surface area contributed by atoms with Crippen LogP contribution >= 0.6 is 11.3 Å². The number of aromatic nitrogens is 1. The van der Waals surface area contributed by atoms with Crippen molar-refractivity contribution in [3.63, 3.8) is 0 Å². The molecule has 0 radical (unpaired) electrons. The second kappa shape index (κ2) is 4.80. The van der Waals surface area contributed by atoms with Gasteiger partial charge in [0.25, 0.3) is 0 Å². The number of methoxy groups -OCH3 is 1. The molecule has 1 aromatic heterocycles. The van der Waals surface area contributed by atoms with Crippen LogP contribution in [-0.2, 0) is 4.74 Å². The van der Waals surface area contributed by atoms with Crippen LogP contribution in [0, 0.1) is 6.92 Å². The molecular weight excluding hydrogens is 220 g/mol. The molecule has 1 heterocycles. The van der Waals surface area contributed by atoms with Gasteiger partial charge in [0.1, 0.15) is 0 Å². The quantitative estimate of drug-likeness (QED) is 0.886. The lowest BCUT2D eigenvalue weighted by Gasteiger charge is -2.10. The highest BCUT2D eigenvalue weighted by Crippen LogP contribution is 2.26. The van der Waals surface area contributed by atoms with Crippen LogP contribution in [0.25, 0.3) is 10.2 Å². The zero-order valence-corrected chi connectivity index (χ0v) is 10.6. The van der Waals surface area contributed by atoms with Crippen molar-refractivity contribution < 1.29 is 4.74 Å². The predicted molar refractivity (Wildman–Crippen MR) is 69.3 cm³/mol. The Hall–Kier alpha value is -1.13. The van der Waals surface area contributed by atoms with Gasteiger partial charge in [0.05, 0.1) is 16.8 Å². The Morgan fingerprint density at radius 1 is 1.50 bits per heavy atom. The molecule has 0 saturated heterocycles. The summed E-state index contributed by atoms with van der Waals surface area (Å²) in [6.07, 6.45) is 0. The first-order valence-corrected chi connectivity index (χ1v) is 6.13. The summed E-state index contributed by atoms with van der Waals surface area (Å²) in [5, 5.41) is 4.30. The summed E-state index contributed by atoms with van der Waals surface area (Å²) >= 11 is 1.68. The van der Waals surface area contributed by atoms with E-state index < -0.39 is 0 Å². The van der Waals surface area contributed by atoms with Gasteiger partial charge in [-0.25, -0.2) is 4.98 Å². The van der Waals surface area contributed by atoms with Gasteiger partial charge >= 0.3 is 0 Å². The second-order valence-corrected chi connectivity index (χ2v) is 5.02. The van der Waals surface area contributed by atoms with Crippen molar-refractivity contribution in [2.45, 2.75) is 19.9 Å². The van der Waals surface area contributed by atoms with Crippen LogP contribution in [-0.4, -0.2) is 24.7 Å².